The highest BCUT2D eigenvalue weighted by Gasteiger charge is 2.03. The largest absolute Gasteiger partial charge is 0.432 e. The highest BCUT2D eigenvalue weighted by molar-refractivity contribution is 5.86. The number of amides is 2. The maximum atomic E-state index is 11.4. The molecule has 0 aliphatic carbocycles. The molecule has 96 valence electrons. The van der Waals surface area contributed by atoms with Crippen LogP contribution in [0.5, 0.6) is 0 Å². The Labute approximate surface area is 104 Å². The third-order valence-electron chi connectivity index (χ3n) is 2.34. The fraction of sp³-hybridized carbons (Fsp3) is 0.364. The number of hydrogen-bond donors (Lipinski definition) is 2. The number of oxazole rings is 1. The number of nitrogens with one attached hydrogen (secondary N) is 2. The van der Waals surface area contributed by atoms with Gasteiger partial charge in [-0.2, -0.15) is 5.10 Å². The Morgan fingerprint density at radius 3 is 3.11 bits per heavy atom. The minimum Gasteiger partial charge on any atom is -0.432 e. The van der Waals surface area contributed by atoms with Crippen LogP contribution in [0.1, 0.15) is 12.0 Å². The van der Waals surface area contributed by atoms with Crippen molar-refractivity contribution >= 4 is 12.0 Å². The Morgan fingerprint density at radius 1 is 1.56 bits per heavy atom. The number of aromatic nitrogens is 3. The van der Waals surface area contributed by atoms with Crippen molar-refractivity contribution in [1.82, 2.24) is 20.1 Å². The van der Waals surface area contributed by atoms with Crippen molar-refractivity contribution in [3.63, 3.8) is 0 Å². The molecule has 2 heterocycles. The van der Waals surface area contributed by atoms with Gasteiger partial charge in [-0.05, 0) is 18.4 Å². The van der Waals surface area contributed by atoms with Gasteiger partial charge in [-0.25, -0.2) is 9.78 Å². The molecule has 0 bridgehead atoms. The highest BCUT2D eigenvalue weighted by Crippen LogP contribution is 2.01. The molecule has 0 radical (unpaired) electrons. The summed E-state index contributed by atoms with van der Waals surface area (Å²) in [5, 5.41) is 9.28. The Morgan fingerprint density at radius 2 is 2.44 bits per heavy atom. The monoisotopic (exact) mass is 249 g/mol. The number of rotatable bonds is 5. The molecule has 0 saturated heterocycles. The maximum absolute atomic E-state index is 11.4. The van der Waals surface area contributed by atoms with E-state index in [0.717, 1.165) is 18.4 Å². The van der Waals surface area contributed by atoms with Gasteiger partial charge in [0.1, 0.15) is 6.26 Å². The van der Waals surface area contributed by atoms with Crippen LogP contribution in [0, 0.1) is 0 Å². The van der Waals surface area contributed by atoms with E-state index in [4.69, 9.17) is 4.42 Å². The molecular formula is C11H15N5O2. The predicted octanol–water partition coefficient (Wildman–Crippen LogP) is 1.16. The van der Waals surface area contributed by atoms with E-state index >= 15 is 0 Å². The molecule has 0 fully saturated rings. The van der Waals surface area contributed by atoms with Gasteiger partial charge in [-0.1, -0.05) is 0 Å². The molecule has 0 spiro atoms. The third kappa shape index (κ3) is 3.62. The summed E-state index contributed by atoms with van der Waals surface area (Å²) < 4.78 is 6.65. The van der Waals surface area contributed by atoms with Gasteiger partial charge in [0.05, 0.1) is 12.4 Å². The summed E-state index contributed by atoms with van der Waals surface area (Å²) in [7, 11) is 1.88. The topological polar surface area (TPSA) is 85.0 Å². The molecule has 7 nitrogen and oxygen atoms in total. The van der Waals surface area contributed by atoms with Crippen LogP contribution in [-0.2, 0) is 13.5 Å². The minimum atomic E-state index is -0.316. The van der Waals surface area contributed by atoms with Crippen LogP contribution in [0.2, 0.25) is 0 Å². The highest BCUT2D eigenvalue weighted by atomic mass is 16.4. The molecule has 7 heteroatoms. The Kier molecular flexibility index (Phi) is 3.95. The molecule has 2 N–H and O–H groups in total. The first-order valence-electron chi connectivity index (χ1n) is 5.66. The average Bonchev–Trinajstić information content (AvgIpc) is 2.96. The Balaban J connectivity index is 1.62. The molecule has 0 unspecified atom stereocenters. The number of hydrogen-bond acceptors (Lipinski definition) is 4. The van der Waals surface area contributed by atoms with Gasteiger partial charge >= 0.3 is 12.0 Å². The summed E-state index contributed by atoms with van der Waals surface area (Å²) in [6.07, 6.45) is 8.40. The molecule has 2 aromatic rings. The third-order valence-corrected chi connectivity index (χ3v) is 2.34. The van der Waals surface area contributed by atoms with Gasteiger partial charge in [-0.3, -0.25) is 10.00 Å². The van der Waals surface area contributed by atoms with E-state index in [1.165, 1.54) is 12.5 Å². The zero-order valence-corrected chi connectivity index (χ0v) is 10.1. The Hall–Kier alpha value is -2.31. The first-order chi connectivity index (χ1) is 8.74. The summed E-state index contributed by atoms with van der Waals surface area (Å²) in [5.41, 5.74) is 1.16. The summed E-state index contributed by atoms with van der Waals surface area (Å²) in [6.45, 7) is 0.585. The van der Waals surface area contributed by atoms with Gasteiger partial charge in [0.25, 0.3) is 0 Å². The number of carbonyl (C=O) groups excluding carboxylic acids is 1. The summed E-state index contributed by atoms with van der Waals surface area (Å²) in [4.78, 5) is 15.2. The van der Waals surface area contributed by atoms with Gasteiger partial charge in [0, 0.05) is 19.8 Å². The number of carbonyl (C=O) groups is 1. The molecule has 18 heavy (non-hydrogen) atoms. The van der Waals surface area contributed by atoms with Gasteiger partial charge in [0.15, 0.2) is 0 Å². The molecule has 0 atom stereocenters. The van der Waals surface area contributed by atoms with Crippen LogP contribution in [0.4, 0.5) is 10.8 Å². The maximum Gasteiger partial charge on any atom is 0.322 e. The molecule has 0 aliphatic rings. The van der Waals surface area contributed by atoms with Crippen molar-refractivity contribution in [3.05, 3.63) is 30.4 Å². The predicted molar refractivity (Wildman–Crippen MR) is 65.1 cm³/mol. The fourth-order valence-corrected chi connectivity index (χ4v) is 1.52. The zero-order valence-electron chi connectivity index (χ0n) is 10.1. The van der Waals surface area contributed by atoms with E-state index in [1.807, 2.05) is 19.4 Å². The summed E-state index contributed by atoms with van der Waals surface area (Å²) in [6, 6.07) is -0.122. The quantitative estimate of drug-likeness (QED) is 0.779. The SMILES string of the molecule is Cn1cc(CCCNC(=O)Nc2ncco2)cn1. The number of anilines is 1. The molecule has 0 aromatic carbocycles. The second-order valence-corrected chi connectivity index (χ2v) is 3.84. The zero-order chi connectivity index (χ0) is 12.8. The number of aryl methyl sites for hydroxylation is 2. The average molecular weight is 249 g/mol. The molecular weight excluding hydrogens is 234 g/mol. The summed E-state index contributed by atoms with van der Waals surface area (Å²) >= 11 is 0. The van der Waals surface area contributed by atoms with E-state index in [2.05, 4.69) is 20.7 Å². The van der Waals surface area contributed by atoms with Crippen LogP contribution in [0.15, 0.2) is 29.3 Å². The molecule has 0 aliphatic heterocycles. The normalized spacial score (nSPS) is 10.3. The molecule has 2 amide bonds. The molecule has 2 aromatic heterocycles. The number of urea groups is 1. The lowest BCUT2D eigenvalue weighted by molar-refractivity contribution is 0.251. The first kappa shape index (κ1) is 12.2. The lowest BCUT2D eigenvalue weighted by Crippen LogP contribution is -2.29. The fourth-order valence-electron chi connectivity index (χ4n) is 1.52. The van der Waals surface area contributed by atoms with Crippen molar-refractivity contribution in [3.8, 4) is 0 Å². The lowest BCUT2D eigenvalue weighted by Gasteiger charge is -2.03. The Bertz CT molecular complexity index is 491. The minimum absolute atomic E-state index is 0.194. The van der Waals surface area contributed by atoms with Gasteiger partial charge in [0.2, 0.25) is 0 Å². The van der Waals surface area contributed by atoms with Crippen molar-refractivity contribution in [2.45, 2.75) is 12.8 Å². The summed E-state index contributed by atoms with van der Waals surface area (Å²) in [5.74, 6) is 0. The molecule has 0 saturated carbocycles. The second kappa shape index (κ2) is 5.85. The van der Waals surface area contributed by atoms with Crippen LogP contribution in [0.25, 0.3) is 0 Å². The van der Waals surface area contributed by atoms with Crippen LogP contribution in [0.3, 0.4) is 0 Å². The van der Waals surface area contributed by atoms with Gasteiger partial charge < -0.3 is 9.73 Å². The van der Waals surface area contributed by atoms with Crippen LogP contribution < -0.4 is 10.6 Å². The van der Waals surface area contributed by atoms with E-state index in [0.29, 0.717) is 6.54 Å². The second-order valence-electron chi connectivity index (χ2n) is 3.84. The van der Waals surface area contributed by atoms with Gasteiger partial charge in [-0.15, -0.1) is 0 Å². The standard InChI is InChI=1S/C11H15N5O2/c1-16-8-9(7-14-16)3-2-4-12-10(17)15-11-13-5-6-18-11/h5-8H,2-4H2,1H3,(H2,12,13,15,17). The van der Waals surface area contributed by atoms with E-state index in [9.17, 15) is 4.79 Å². The van der Waals surface area contributed by atoms with E-state index < -0.39 is 0 Å². The number of nitrogens with zero attached hydrogens (tertiary/aromatic N) is 3. The van der Waals surface area contributed by atoms with Crippen molar-refractivity contribution in [2.75, 3.05) is 11.9 Å². The van der Waals surface area contributed by atoms with E-state index in [-0.39, 0.29) is 12.0 Å². The lowest BCUT2D eigenvalue weighted by atomic mass is 10.2. The van der Waals surface area contributed by atoms with E-state index in [1.54, 1.807) is 4.68 Å². The van der Waals surface area contributed by atoms with Crippen molar-refractivity contribution in [2.24, 2.45) is 7.05 Å². The van der Waals surface area contributed by atoms with Crippen molar-refractivity contribution < 1.29 is 9.21 Å². The molecule has 2 rings (SSSR count). The van der Waals surface area contributed by atoms with Crippen LogP contribution in [-0.4, -0.2) is 27.3 Å². The van der Waals surface area contributed by atoms with Crippen molar-refractivity contribution in [1.29, 1.82) is 0 Å². The first-order valence-corrected chi connectivity index (χ1v) is 5.66. The van der Waals surface area contributed by atoms with Crippen LogP contribution >= 0.6 is 0 Å². The smallest absolute Gasteiger partial charge is 0.322 e.